The van der Waals surface area contributed by atoms with E-state index in [4.69, 9.17) is 0 Å². The molecule has 1 aliphatic rings. The van der Waals surface area contributed by atoms with Gasteiger partial charge >= 0.3 is 0 Å². The van der Waals surface area contributed by atoms with Crippen molar-refractivity contribution in [3.05, 3.63) is 16.1 Å². The average Bonchev–Trinajstić information content (AvgIpc) is 2.68. The average molecular weight is 238 g/mol. The van der Waals surface area contributed by atoms with E-state index in [-0.39, 0.29) is 0 Å². The fourth-order valence-corrected chi connectivity index (χ4v) is 3.17. The van der Waals surface area contributed by atoms with Crippen molar-refractivity contribution in [2.45, 2.75) is 46.1 Å². The zero-order valence-corrected chi connectivity index (χ0v) is 11.1. The van der Waals surface area contributed by atoms with Gasteiger partial charge in [0.2, 0.25) is 0 Å². The van der Waals surface area contributed by atoms with Gasteiger partial charge in [-0.2, -0.15) is 0 Å². The van der Waals surface area contributed by atoms with E-state index in [9.17, 15) is 0 Å². The van der Waals surface area contributed by atoms with Crippen LogP contribution in [0.1, 0.15) is 43.2 Å². The SMILES string of the molecule is Cc1ncsc1CNCC1CCC(C)CC1. The van der Waals surface area contributed by atoms with Gasteiger partial charge in [-0.15, -0.1) is 11.3 Å². The molecule has 0 atom stereocenters. The van der Waals surface area contributed by atoms with Gasteiger partial charge in [0.15, 0.2) is 0 Å². The fourth-order valence-electron chi connectivity index (χ4n) is 2.42. The summed E-state index contributed by atoms with van der Waals surface area (Å²) in [6, 6.07) is 0. The summed E-state index contributed by atoms with van der Waals surface area (Å²) in [6.45, 7) is 6.66. The molecule has 1 aromatic heterocycles. The zero-order chi connectivity index (χ0) is 11.4. The lowest BCUT2D eigenvalue weighted by Crippen LogP contribution is -2.25. The first kappa shape index (κ1) is 12.1. The minimum atomic E-state index is 0.907. The van der Waals surface area contributed by atoms with Crippen molar-refractivity contribution >= 4 is 11.3 Å². The van der Waals surface area contributed by atoms with Crippen LogP contribution in [0, 0.1) is 18.8 Å². The number of nitrogens with zero attached hydrogens (tertiary/aromatic N) is 1. The van der Waals surface area contributed by atoms with Crippen molar-refractivity contribution in [1.29, 1.82) is 0 Å². The third-order valence-electron chi connectivity index (χ3n) is 3.70. The second kappa shape index (κ2) is 5.78. The van der Waals surface area contributed by atoms with Crippen LogP contribution in [-0.2, 0) is 6.54 Å². The number of aromatic nitrogens is 1. The molecule has 0 radical (unpaired) electrons. The molecule has 1 saturated carbocycles. The van der Waals surface area contributed by atoms with Crippen molar-refractivity contribution in [2.75, 3.05) is 6.54 Å². The molecule has 0 aliphatic heterocycles. The lowest BCUT2D eigenvalue weighted by Gasteiger charge is -2.26. The van der Waals surface area contributed by atoms with Crippen LogP contribution >= 0.6 is 11.3 Å². The quantitative estimate of drug-likeness (QED) is 0.870. The standard InChI is InChI=1S/C13H22N2S/c1-10-3-5-12(6-4-10)7-14-8-13-11(2)15-9-16-13/h9-10,12,14H,3-8H2,1-2H3. The number of hydrogen-bond donors (Lipinski definition) is 1. The molecule has 1 N–H and O–H groups in total. The van der Waals surface area contributed by atoms with Crippen LogP contribution in [0.25, 0.3) is 0 Å². The number of rotatable bonds is 4. The molecule has 1 heterocycles. The van der Waals surface area contributed by atoms with Gasteiger partial charge in [-0.3, -0.25) is 0 Å². The van der Waals surface area contributed by atoms with Crippen LogP contribution in [0.4, 0.5) is 0 Å². The van der Waals surface area contributed by atoms with Gasteiger partial charge in [0.25, 0.3) is 0 Å². The van der Waals surface area contributed by atoms with Crippen molar-refractivity contribution in [3.8, 4) is 0 Å². The van der Waals surface area contributed by atoms with E-state index in [1.807, 2.05) is 5.51 Å². The van der Waals surface area contributed by atoms with Gasteiger partial charge < -0.3 is 5.32 Å². The van der Waals surface area contributed by atoms with E-state index in [1.165, 1.54) is 42.8 Å². The summed E-state index contributed by atoms with van der Waals surface area (Å²) >= 11 is 1.76. The summed E-state index contributed by atoms with van der Waals surface area (Å²) in [4.78, 5) is 5.66. The third-order valence-corrected chi connectivity index (χ3v) is 4.63. The molecule has 1 aromatic rings. The summed E-state index contributed by atoms with van der Waals surface area (Å²) in [5, 5.41) is 3.58. The molecule has 2 nitrogen and oxygen atoms in total. The van der Waals surface area contributed by atoms with E-state index >= 15 is 0 Å². The van der Waals surface area contributed by atoms with Gasteiger partial charge in [-0.25, -0.2) is 4.98 Å². The topological polar surface area (TPSA) is 24.9 Å². The Kier molecular flexibility index (Phi) is 4.36. The molecule has 1 fully saturated rings. The lowest BCUT2D eigenvalue weighted by atomic mass is 9.83. The second-order valence-electron chi connectivity index (χ2n) is 5.12. The second-order valence-corrected chi connectivity index (χ2v) is 6.06. The zero-order valence-electron chi connectivity index (χ0n) is 10.3. The predicted octanol–water partition coefficient (Wildman–Crippen LogP) is 3.37. The van der Waals surface area contributed by atoms with E-state index < -0.39 is 0 Å². The van der Waals surface area contributed by atoms with Crippen molar-refractivity contribution in [3.63, 3.8) is 0 Å². The maximum atomic E-state index is 4.27. The van der Waals surface area contributed by atoms with Crippen LogP contribution in [0.2, 0.25) is 0 Å². The molecule has 0 spiro atoms. The first-order chi connectivity index (χ1) is 7.75. The molecule has 0 saturated heterocycles. The Morgan fingerprint density at radius 3 is 2.75 bits per heavy atom. The van der Waals surface area contributed by atoms with Crippen LogP contribution in [-0.4, -0.2) is 11.5 Å². The molecule has 16 heavy (non-hydrogen) atoms. The molecular formula is C13H22N2S. The molecule has 1 aliphatic carbocycles. The number of nitrogens with one attached hydrogen (secondary N) is 1. The summed E-state index contributed by atoms with van der Waals surface area (Å²) < 4.78 is 0. The minimum Gasteiger partial charge on any atom is -0.312 e. The Hall–Kier alpha value is -0.410. The van der Waals surface area contributed by atoms with Gasteiger partial charge in [0.05, 0.1) is 11.2 Å². The Morgan fingerprint density at radius 2 is 2.12 bits per heavy atom. The smallest absolute Gasteiger partial charge is 0.0798 e. The van der Waals surface area contributed by atoms with Gasteiger partial charge in [-0.05, 0) is 38.1 Å². The van der Waals surface area contributed by atoms with E-state index in [1.54, 1.807) is 11.3 Å². The normalized spacial score (nSPS) is 25.9. The minimum absolute atomic E-state index is 0.907. The Bertz CT molecular complexity index is 313. The van der Waals surface area contributed by atoms with Crippen LogP contribution < -0.4 is 5.32 Å². The molecule has 0 bridgehead atoms. The molecule has 3 heteroatoms. The molecular weight excluding hydrogens is 216 g/mol. The first-order valence-corrected chi connectivity index (χ1v) is 7.23. The molecule has 0 aromatic carbocycles. The van der Waals surface area contributed by atoms with Gasteiger partial charge in [0, 0.05) is 11.4 Å². The maximum absolute atomic E-state index is 4.27. The Labute approximate surface area is 102 Å². The van der Waals surface area contributed by atoms with Crippen LogP contribution in [0.3, 0.4) is 0 Å². The van der Waals surface area contributed by atoms with Gasteiger partial charge in [0.1, 0.15) is 0 Å². The summed E-state index contributed by atoms with van der Waals surface area (Å²) in [7, 11) is 0. The van der Waals surface area contributed by atoms with E-state index in [2.05, 4.69) is 24.1 Å². The summed E-state index contributed by atoms with van der Waals surface area (Å²) in [5.74, 6) is 1.87. The predicted molar refractivity (Wildman–Crippen MR) is 69.7 cm³/mol. The maximum Gasteiger partial charge on any atom is 0.0798 e. The first-order valence-electron chi connectivity index (χ1n) is 6.35. The highest BCUT2D eigenvalue weighted by Gasteiger charge is 2.17. The summed E-state index contributed by atoms with van der Waals surface area (Å²) in [5.41, 5.74) is 3.13. The summed E-state index contributed by atoms with van der Waals surface area (Å²) in [6.07, 6.45) is 5.67. The molecule has 0 unspecified atom stereocenters. The number of hydrogen-bond acceptors (Lipinski definition) is 3. The number of thiazole rings is 1. The van der Waals surface area contributed by atoms with Crippen molar-refractivity contribution in [1.82, 2.24) is 10.3 Å². The third kappa shape index (κ3) is 3.29. The largest absolute Gasteiger partial charge is 0.312 e. The molecule has 2 rings (SSSR count). The van der Waals surface area contributed by atoms with Crippen molar-refractivity contribution < 1.29 is 0 Å². The lowest BCUT2D eigenvalue weighted by molar-refractivity contribution is 0.281. The molecule has 90 valence electrons. The Morgan fingerprint density at radius 1 is 1.38 bits per heavy atom. The van der Waals surface area contributed by atoms with Crippen LogP contribution in [0.15, 0.2) is 5.51 Å². The van der Waals surface area contributed by atoms with Gasteiger partial charge in [-0.1, -0.05) is 19.8 Å². The van der Waals surface area contributed by atoms with Crippen LogP contribution in [0.5, 0.6) is 0 Å². The highest BCUT2D eigenvalue weighted by molar-refractivity contribution is 7.09. The van der Waals surface area contributed by atoms with Crippen molar-refractivity contribution in [2.24, 2.45) is 11.8 Å². The monoisotopic (exact) mass is 238 g/mol. The number of aryl methyl sites for hydroxylation is 1. The molecule has 0 amide bonds. The highest BCUT2D eigenvalue weighted by atomic mass is 32.1. The van der Waals surface area contributed by atoms with E-state index in [0.29, 0.717) is 0 Å². The highest BCUT2D eigenvalue weighted by Crippen LogP contribution is 2.27. The fraction of sp³-hybridized carbons (Fsp3) is 0.769. The van der Waals surface area contributed by atoms with E-state index in [0.717, 1.165) is 18.4 Å². The Balaban J connectivity index is 1.67.